The fourth-order valence-corrected chi connectivity index (χ4v) is 4.16. The normalized spacial score (nSPS) is 13.9. The van der Waals surface area contributed by atoms with E-state index in [2.05, 4.69) is 15.4 Å². The highest BCUT2D eigenvalue weighted by atomic mass is 32.1. The fourth-order valence-electron chi connectivity index (χ4n) is 2.89. The molecule has 0 fully saturated rings. The molecule has 3 N–H and O–H groups in total. The molecular weight excluding hydrogens is 314 g/mol. The van der Waals surface area contributed by atoms with Gasteiger partial charge in [0.25, 0.3) is 5.91 Å². The summed E-state index contributed by atoms with van der Waals surface area (Å²) >= 11 is 1.33. The summed E-state index contributed by atoms with van der Waals surface area (Å²) in [7, 11) is 0. The number of nitrogens with one attached hydrogen (secondary N) is 1. The fraction of sp³-hybridized carbons (Fsp3) is 0.200. The summed E-state index contributed by atoms with van der Waals surface area (Å²) in [6.07, 6.45) is 7.05. The monoisotopic (exact) mass is 327 g/mol. The minimum Gasteiger partial charge on any atom is -0.366 e. The van der Waals surface area contributed by atoms with Crippen LogP contribution in [0.1, 0.15) is 36.0 Å². The van der Waals surface area contributed by atoms with Gasteiger partial charge in [-0.2, -0.15) is 5.10 Å². The molecule has 0 spiro atoms. The number of hydrogen-bond acceptors (Lipinski definition) is 6. The summed E-state index contributed by atoms with van der Waals surface area (Å²) in [6, 6.07) is 0. The van der Waals surface area contributed by atoms with E-state index in [0.29, 0.717) is 34.5 Å². The first-order chi connectivity index (χ1) is 11.2. The molecule has 1 aliphatic heterocycles. The van der Waals surface area contributed by atoms with Crippen molar-refractivity contribution in [2.24, 2.45) is 5.73 Å². The van der Waals surface area contributed by atoms with Gasteiger partial charge >= 0.3 is 0 Å². The molecule has 3 aromatic rings. The molecule has 3 aromatic heterocycles. The van der Waals surface area contributed by atoms with E-state index in [9.17, 15) is 9.59 Å². The van der Waals surface area contributed by atoms with E-state index >= 15 is 0 Å². The molecule has 1 aliphatic rings. The van der Waals surface area contributed by atoms with E-state index in [4.69, 9.17) is 5.73 Å². The van der Waals surface area contributed by atoms with Gasteiger partial charge in [0.05, 0.1) is 33.9 Å². The van der Waals surface area contributed by atoms with Crippen LogP contribution in [0.25, 0.3) is 5.52 Å². The SMILES string of the molecule is NC(=O)c1c(C(=O)c2cnn3ccncc23)sc2c1CCNC2. The lowest BCUT2D eigenvalue weighted by Crippen LogP contribution is -2.25. The number of nitrogens with zero attached hydrogens (tertiary/aromatic N) is 3. The standard InChI is InChI=1S/C15H13N5O2S/c16-15(22)12-8-1-2-17-7-11(8)23-14(12)13(21)9-5-19-20-4-3-18-6-10(9)20/h3-6,17H,1-2,7H2,(H2,16,22). The minimum absolute atomic E-state index is 0.235. The van der Waals surface area contributed by atoms with Crippen molar-refractivity contribution < 1.29 is 9.59 Å². The molecule has 0 aliphatic carbocycles. The van der Waals surface area contributed by atoms with Crippen LogP contribution < -0.4 is 11.1 Å². The number of ketones is 1. The molecule has 7 nitrogen and oxygen atoms in total. The number of thiophene rings is 1. The Morgan fingerprint density at radius 1 is 1.35 bits per heavy atom. The van der Waals surface area contributed by atoms with Crippen molar-refractivity contribution in [3.05, 3.63) is 51.2 Å². The summed E-state index contributed by atoms with van der Waals surface area (Å²) < 4.78 is 1.58. The largest absolute Gasteiger partial charge is 0.366 e. The molecule has 4 rings (SSSR count). The molecule has 8 heteroatoms. The Morgan fingerprint density at radius 3 is 3.04 bits per heavy atom. The molecule has 0 saturated carbocycles. The van der Waals surface area contributed by atoms with E-state index in [1.54, 1.807) is 23.1 Å². The van der Waals surface area contributed by atoms with Crippen molar-refractivity contribution in [3.63, 3.8) is 0 Å². The van der Waals surface area contributed by atoms with Crippen LogP contribution in [0.2, 0.25) is 0 Å². The molecule has 0 unspecified atom stereocenters. The molecular formula is C15H13N5O2S. The van der Waals surface area contributed by atoms with E-state index in [1.165, 1.54) is 17.5 Å². The second-order valence-corrected chi connectivity index (χ2v) is 6.40. The van der Waals surface area contributed by atoms with Gasteiger partial charge in [0.2, 0.25) is 5.78 Å². The maximum atomic E-state index is 13.0. The summed E-state index contributed by atoms with van der Waals surface area (Å²) in [5.74, 6) is -0.788. The van der Waals surface area contributed by atoms with Crippen LogP contribution in [0.5, 0.6) is 0 Å². The zero-order valence-electron chi connectivity index (χ0n) is 12.1. The maximum Gasteiger partial charge on any atom is 0.250 e. The van der Waals surface area contributed by atoms with Crippen molar-refractivity contribution in [1.29, 1.82) is 0 Å². The summed E-state index contributed by atoms with van der Waals surface area (Å²) in [6.45, 7) is 1.43. The van der Waals surface area contributed by atoms with Crippen molar-refractivity contribution in [3.8, 4) is 0 Å². The van der Waals surface area contributed by atoms with Crippen LogP contribution in [-0.2, 0) is 13.0 Å². The van der Waals surface area contributed by atoms with E-state index in [1.807, 2.05) is 0 Å². The van der Waals surface area contributed by atoms with Crippen molar-refractivity contribution in [2.75, 3.05) is 6.54 Å². The topological polar surface area (TPSA) is 102 Å². The highest BCUT2D eigenvalue weighted by Crippen LogP contribution is 2.33. The summed E-state index contributed by atoms with van der Waals surface area (Å²) in [5.41, 5.74) is 7.84. The van der Waals surface area contributed by atoms with Gasteiger partial charge < -0.3 is 11.1 Å². The van der Waals surface area contributed by atoms with E-state index in [0.717, 1.165) is 17.0 Å². The molecule has 0 aromatic carbocycles. The highest BCUT2D eigenvalue weighted by Gasteiger charge is 2.29. The van der Waals surface area contributed by atoms with Crippen molar-refractivity contribution >= 4 is 28.5 Å². The quantitative estimate of drug-likeness (QED) is 0.692. The molecule has 0 saturated heterocycles. The smallest absolute Gasteiger partial charge is 0.250 e. The Balaban J connectivity index is 1.88. The number of nitrogens with two attached hydrogens (primary N) is 1. The van der Waals surface area contributed by atoms with E-state index < -0.39 is 5.91 Å². The van der Waals surface area contributed by atoms with Gasteiger partial charge in [-0.05, 0) is 18.5 Å². The van der Waals surface area contributed by atoms with Crippen molar-refractivity contribution in [1.82, 2.24) is 19.9 Å². The van der Waals surface area contributed by atoms with Crippen LogP contribution in [0, 0.1) is 0 Å². The molecule has 23 heavy (non-hydrogen) atoms. The third-order valence-electron chi connectivity index (χ3n) is 3.95. The number of hydrogen-bond donors (Lipinski definition) is 2. The number of rotatable bonds is 3. The molecule has 116 valence electrons. The Hall–Kier alpha value is -2.58. The third kappa shape index (κ3) is 2.14. The van der Waals surface area contributed by atoms with Gasteiger partial charge in [0, 0.05) is 23.8 Å². The van der Waals surface area contributed by atoms with Gasteiger partial charge in [-0.3, -0.25) is 14.6 Å². The number of aromatic nitrogens is 3. The number of carbonyl (C=O) groups excluding carboxylic acids is 2. The van der Waals surface area contributed by atoms with Crippen LogP contribution in [-0.4, -0.2) is 32.8 Å². The summed E-state index contributed by atoms with van der Waals surface area (Å²) in [5, 5.41) is 7.40. The Bertz CT molecular complexity index is 943. The maximum absolute atomic E-state index is 13.0. The Kier molecular flexibility index (Phi) is 3.21. The predicted octanol–water partition coefficient (Wildman–Crippen LogP) is 0.766. The lowest BCUT2D eigenvalue weighted by Gasteiger charge is -2.12. The average molecular weight is 327 g/mol. The van der Waals surface area contributed by atoms with Gasteiger partial charge in [-0.25, -0.2) is 4.52 Å². The molecule has 4 heterocycles. The van der Waals surface area contributed by atoms with Crippen molar-refractivity contribution in [2.45, 2.75) is 13.0 Å². The molecule has 0 radical (unpaired) electrons. The first kappa shape index (κ1) is 14.0. The van der Waals surface area contributed by atoms with Crippen LogP contribution in [0.15, 0.2) is 24.8 Å². The predicted molar refractivity (Wildman–Crippen MR) is 84.7 cm³/mol. The third-order valence-corrected chi connectivity index (χ3v) is 5.18. The zero-order chi connectivity index (χ0) is 16.0. The van der Waals surface area contributed by atoms with Gasteiger partial charge in [0.1, 0.15) is 0 Å². The Labute approximate surface area is 135 Å². The number of carbonyl (C=O) groups is 2. The van der Waals surface area contributed by atoms with Crippen LogP contribution in [0.3, 0.4) is 0 Å². The lowest BCUT2D eigenvalue weighted by molar-refractivity contribution is 0.0982. The minimum atomic E-state index is -0.553. The second kappa shape index (κ2) is 5.25. The number of primary amides is 1. The lowest BCUT2D eigenvalue weighted by atomic mass is 9.99. The molecule has 0 atom stereocenters. The summed E-state index contributed by atoms with van der Waals surface area (Å²) in [4.78, 5) is 30.3. The van der Waals surface area contributed by atoms with E-state index in [-0.39, 0.29) is 5.78 Å². The van der Waals surface area contributed by atoms with Gasteiger partial charge in [-0.1, -0.05) is 0 Å². The second-order valence-electron chi connectivity index (χ2n) is 5.29. The first-order valence-corrected chi connectivity index (χ1v) is 7.95. The van der Waals surface area contributed by atoms with Crippen LogP contribution >= 0.6 is 11.3 Å². The Morgan fingerprint density at radius 2 is 2.22 bits per heavy atom. The average Bonchev–Trinajstić information content (AvgIpc) is 3.15. The number of amides is 1. The molecule has 0 bridgehead atoms. The van der Waals surface area contributed by atoms with Gasteiger partial charge in [0.15, 0.2) is 0 Å². The highest BCUT2D eigenvalue weighted by molar-refractivity contribution is 7.14. The zero-order valence-corrected chi connectivity index (χ0v) is 12.9. The number of fused-ring (bicyclic) bond motifs is 2. The van der Waals surface area contributed by atoms with Gasteiger partial charge in [-0.15, -0.1) is 11.3 Å². The first-order valence-electron chi connectivity index (χ1n) is 7.14. The molecule has 1 amide bonds. The van der Waals surface area contributed by atoms with Crippen LogP contribution in [0.4, 0.5) is 0 Å².